The lowest BCUT2D eigenvalue weighted by molar-refractivity contribution is -0.169. The number of hydrogen-bond donors (Lipinski definition) is 3. The fraction of sp³-hybridized carbons (Fsp3) is 0.346. The maximum Gasteiger partial charge on any atom is 0.511 e. The Morgan fingerprint density at radius 1 is 1.29 bits per heavy atom. The molecule has 4 N–H and O–H groups in total. The second-order valence-electron chi connectivity index (χ2n) is 9.42. The van der Waals surface area contributed by atoms with E-state index in [-0.39, 0.29) is 34.8 Å². The molecule has 14 nitrogen and oxygen atoms in total. The molecule has 4 rings (SSSR count). The van der Waals surface area contributed by atoms with Gasteiger partial charge in [-0.1, -0.05) is 37.2 Å². The number of fused-ring (bicyclic) bond motifs is 1. The van der Waals surface area contributed by atoms with Gasteiger partial charge in [-0.25, -0.2) is 14.6 Å². The fourth-order valence-electron chi connectivity index (χ4n) is 3.89. The molecular formula is C26H28N6O8S2. The topological polar surface area (TPSA) is 196 Å². The Labute approximate surface area is 248 Å². The summed E-state index contributed by atoms with van der Waals surface area (Å²) in [6.07, 6.45) is 4.33. The second kappa shape index (κ2) is 13.5. The molecule has 1 saturated heterocycles. The van der Waals surface area contributed by atoms with Gasteiger partial charge in [-0.2, -0.15) is 0 Å². The Morgan fingerprint density at radius 2 is 2.07 bits per heavy atom. The van der Waals surface area contributed by atoms with Crippen molar-refractivity contribution in [1.29, 1.82) is 0 Å². The molecule has 16 heteroatoms. The van der Waals surface area contributed by atoms with Gasteiger partial charge in [-0.15, -0.1) is 23.1 Å². The number of esters is 1. The molecule has 3 atom stereocenters. The van der Waals surface area contributed by atoms with Crippen LogP contribution in [0, 0.1) is 5.92 Å². The minimum Gasteiger partial charge on any atom is -0.434 e. The number of carbonyl (C=O) groups is 4. The predicted octanol–water partition coefficient (Wildman–Crippen LogP) is 2.36. The molecule has 0 saturated carbocycles. The van der Waals surface area contributed by atoms with Gasteiger partial charge in [-0.05, 0) is 23.1 Å². The van der Waals surface area contributed by atoms with E-state index in [0.29, 0.717) is 5.57 Å². The molecule has 2 aliphatic heterocycles. The number of anilines is 1. The van der Waals surface area contributed by atoms with Gasteiger partial charge in [0.15, 0.2) is 10.8 Å². The number of ether oxygens (including phenoxy) is 3. The zero-order valence-electron chi connectivity index (χ0n) is 22.8. The Bertz CT molecular complexity index is 1440. The van der Waals surface area contributed by atoms with Crippen LogP contribution in [0.25, 0.3) is 6.08 Å². The van der Waals surface area contributed by atoms with Crippen LogP contribution in [-0.4, -0.2) is 79.8 Å². The highest BCUT2D eigenvalue weighted by atomic mass is 32.2. The summed E-state index contributed by atoms with van der Waals surface area (Å²) in [5.41, 5.74) is 6.40. The number of amides is 2. The molecule has 0 aliphatic carbocycles. The van der Waals surface area contributed by atoms with Crippen molar-refractivity contribution in [3.63, 3.8) is 0 Å². The Kier molecular flexibility index (Phi) is 9.80. The van der Waals surface area contributed by atoms with E-state index in [0.717, 1.165) is 16.9 Å². The van der Waals surface area contributed by atoms with Gasteiger partial charge in [0.05, 0.1) is 6.61 Å². The van der Waals surface area contributed by atoms with E-state index >= 15 is 0 Å². The summed E-state index contributed by atoms with van der Waals surface area (Å²) in [6.45, 7) is 5.18. The van der Waals surface area contributed by atoms with Crippen molar-refractivity contribution in [2.45, 2.75) is 38.5 Å². The van der Waals surface area contributed by atoms with E-state index in [1.54, 1.807) is 30.6 Å². The number of β-lactam (4-membered cyclic amide) rings is 1. The zero-order chi connectivity index (χ0) is 30.4. The average molecular weight is 617 g/mol. The fourth-order valence-corrected chi connectivity index (χ4v) is 5.75. The molecule has 42 heavy (non-hydrogen) atoms. The first-order valence-electron chi connectivity index (χ1n) is 12.6. The van der Waals surface area contributed by atoms with E-state index in [9.17, 15) is 24.4 Å². The molecule has 0 spiro atoms. The summed E-state index contributed by atoms with van der Waals surface area (Å²) in [5, 5.41) is 15.9. The van der Waals surface area contributed by atoms with Crippen LogP contribution in [0.5, 0.6) is 0 Å². The number of thiazole rings is 1. The Balaban J connectivity index is 1.53. The maximum absolute atomic E-state index is 13.4. The van der Waals surface area contributed by atoms with Crippen molar-refractivity contribution in [2.75, 3.05) is 18.1 Å². The lowest BCUT2D eigenvalue weighted by Gasteiger charge is -2.49. The number of carbonyl (C=O) groups excluding carboxylic acids is 4. The van der Waals surface area contributed by atoms with Crippen LogP contribution < -0.4 is 11.1 Å². The first-order valence-corrected chi connectivity index (χ1v) is 14.6. The summed E-state index contributed by atoms with van der Waals surface area (Å²) in [6, 6.07) is 2.53. The second-order valence-corrected chi connectivity index (χ2v) is 11.4. The van der Waals surface area contributed by atoms with Gasteiger partial charge < -0.3 is 30.5 Å². The Hall–Kier alpha value is -4.44. The molecule has 0 aromatic carbocycles. The summed E-state index contributed by atoms with van der Waals surface area (Å²) in [5.74, 6) is -2.00. The minimum absolute atomic E-state index is 0.0466. The van der Waals surface area contributed by atoms with Crippen molar-refractivity contribution in [1.82, 2.24) is 20.2 Å². The van der Waals surface area contributed by atoms with Crippen LogP contribution in [0.4, 0.5) is 9.93 Å². The molecule has 2 amide bonds. The van der Waals surface area contributed by atoms with E-state index in [2.05, 4.69) is 20.4 Å². The van der Waals surface area contributed by atoms with Crippen molar-refractivity contribution >= 4 is 64.0 Å². The number of hydrogen-bond acceptors (Lipinski definition) is 14. The van der Waals surface area contributed by atoms with Crippen LogP contribution in [0.2, 0.25) is 0 Å². The normalized spacial score (nSPS) is 19.3. The first kappa shape index (κ1) is 30.5. The van der Waals surface area contributed by atoms with Gasteiger partial charge in [0.1, 0.15) is 22.8 Å². The van der Waals surface area contributed by atoms with Gasteiger partial charge in [0.2, 0.25) is 6.29 Å². The highest BCUT2D eigenvalue weighted by molar-refractivity contribution is 8.00. The van der Waals surface area contributed by atoms with Crippen molar-refractivity contribution < 1.29 is 38.6 Å². The first-order chi connectivity index (χ1) is 20.1. The molecular weight excluding hydrogens is 588 g/mol. The molecule has 1 fully saturated rings. The third-order valence-corrected chi connectivity index (χ3v) is 7.76. The molecule has 2 aromatic heterocycles. The SMILES string of the molecule is CC(C)COC(=O)OC(C)OC(=O)C1=C(/C=C\c2cccnc2)CS[C@@H]2[C@H](NC(=O)/C(=N\O)c3csc(N)n3)C(=O)N12. The van der Waals surface area contributed by atoms with E-state index in [1.165, 1.54) is 29.0 Å². The van der Waals surface area contributed by atoms with E-state index < -0.39 is 47.4 Å². The van der Waals surface area contributed by atoms with Crippen molar-refractivity contribution in [3.8, 4) is 0 Å². The number of allylic oxidation sites excluding steroid dienone is 1. The third-order valence-electron chi connectivity index (χ3n) is 5.79. The number of aromatic nitrogens is 2. The molecule has 2 aliphatic rings. The standard InChI is InChI=1S/C26H28N6O8S2/c1-13(2)10-38-26(36)40-14(3)39-24(35)20-16(7-6-15-5-4-8-28-9-15)11-41-23-19(22(34)32(20)23)30-21(33)18(31-37)17-12-42-25(27)29-17/h4-9,12-14,19,23,37H,10-11H2,1-3H3,(H2,27,29)(H,30,33)/b7-6-,31-18-/t14?,19-,23-/m1/s1. The highest BCUT2D eigenvalue weighted by Crippen LogP contribution is 2.41. The van der Waals surface area contributed by atoms with Gasteiger partial charge >= 0.3 is 12.1 Å². The van der Waals surface area contributed by atoms with Crippen LogP contribution in [-0.2, 0) is 28.6 Å². The maximum atomic E-state index is 13.4. The summed E-state index contributed by atoms with van der Waals surface area (Å²) in [7, 11) is 0. The van der Waals surface area contributed by atoms with Gasteiger partial charge in [0, 0.05) is 30.5 Å². The monoisotopic (exact) mass is 616 g/mol. The van der Waals surface area contributed by atoms with E-state index in [1.807, 2.05) is 19.9 Å². The smallest absolute Gasteiger partial charge is 0.434 e. The zero-order valence-corrected chi connectivity index (χ0v) is 24.4. The Morgan fingerprint density at radius 3 is 2.71 bits per heavy atom. The number of pyridine rings is 1. The predicted molar refractivity (Wildman–Crippen MR) is 153 cm³/mol. The quantitative estimate of drug-likeness (QED) is 0.0882. The molecule has 0 bridgehead atoms. The molecule has 2 aromatic rings. The van der Waals surface area contributed by atoms with Crippen LogP contribution in [0.1, 0.15) is 32.0 Å². The summed E-state index contributed by atoms with van der Waals surface area (Å²) in [4.78, 5) is 60.7. The summed E-state index contributed by atoms with van der Waals surface area (Å²) < 4.78 is 15.3. The van der Waals surface area contributed by atoms with Crippen LogP contribution in [0.15, 0.2) is 52.4 Å². The number of nitrogens with two attached hydrogens (primary N) is 1. The van der Waals surface area contributed by atoms with Crippen LogP contribution >= 0.6 is 23.1 Å². The number of nitrogens with zero attached hydrogens (tertiary/aromatic N) is 4. The molecule has 0 radical (unpaired) electrons. The highest BCUT2D eigenvalue weighted by Gasteiger charge is 2.54. The van der Waals surface area contributed by atoms with Crippen LogP contribution in [0.3, 0.4) is 0 Å². The molecule has 4 heterocycles. The summed E-state index contributed by atoms with van der Waals surface area (Å²) >= 11 is 2.36. The number of rotatable bonds is 10. The van der Waals surface area contributed by atoms with Crippen molar-refractivity contribution in [3.05, 3.63) is 58.5 Å². The minimum atomic E-state index is -1.32. The number of thioether (sulfide) groups is 1. The van der Waals surface area contributed by atoms with Gasteiger partial charge in [-0.3, -0.25) is 19.5 Å². The van der Waals surface area contributed by atoms with Crippen molar-refractivity contribution in [2.24, 2.45) is 11.1 Å². The number of nitrogens with one attached hydrogen (secondary N) is 1. The largest absolute Gasteiger partial charge is 0.511 e. The third kappa shape index (κ3) is 7.06. The van der Waals surface area contributed by atoms with E-state index in [4.69, 9.17) is 19.9 Å². The average Bonchev–Trinajstić information content (AvgIpc) is 3.39. The number of oxime groups is 1. The van der Waals surface area contributed by atoms with Gasteiger partial charge in [0.25, 0.3) is 11.8 Å². The molecule has 1 unspecified atom stereocenters. The molecule has 222 valence electrons. The number of nitrogen functional groups attached to an aromatic ring is 1. The lowest BCUT2D eigenvalue weighted by Crippen LogP contribution is -2.71. The lowest BCUT2D eigenvalue weighted by atomic mass is 10.0.